The van der Waals surface area contributed by atoms with Crippen LogP contribution in [0.15, 0.2) is 12.1 Å². The van der Waals surface area contributed by atoms with Gasteiger partial charge >= 0.3 is 0 Å². The van der Waals surface area contributed by atoms with Gasteiger partial charge in [0.15, 0.2) is 0 Å². The number of Topliss-reactive ketones (excluding diaryl/α,β-unsaturated/α-hetero) is 1. The van der Waals surface area contributed by atoms with Crippen molar-refractivity contribution in [2.75, 3.05) is 13.7 Å². The predicted octanol–water partition coefficient (Wildman–Crippen LogP) is 5.30. The summed E-state index contributed by atoms with van der Waals surface area (Å²) in [6.07, 6.45) is 3.43. The van der Waals surface area contributed by atoms with E-state index in [9.17, 15) is 9.90 Å². The monoisotopic (exact) mass is 392 g/mol. The largest absolute Gasteiger partial charge is 0.508 e. The van der Waals surface area contributed by atoms with Gasteiger partial charge in [-0.25, -0.2) is 0 Å². The molecule has 1 aliphatic rings. The summed E-state index contributed by atoms with van der Waals surface area (Å²) in [6, 6.07) is 3.72. The second kappa shape index (κ2) is 9.75. The van der Waals surface area contributed by atoms with E-state index in [1.165, 1.54) is 0 Å². The van der Waals surface area contributed by atoms with Crippen LogP contribution in [-0.4, -0.2) is 36.3 Å². The molecule has 1 aromatic rings. The highest BCUT2D eigenvalue weighted by molar-refractivity contribution is 5.80. The van der Waals surface area contributed by atoms with Crippen molar-refractivity contribution in [2.24, 2.45) is 0 Å². The van der Waals surface area contributed by atoms with Gasteiger partial charge in [-0.15, -0.1) is 0 Å². The molecule has 1 fully saturated rings. The Kier molecular flexibility index (Phi) is 7.90. The van der Waals surface area contributed by atoms with Crippen molar-refractivity contribution in [3.8, 4) is 11.5 Å². The number of methoxy groups -OCH3 is 1. The van der Waals surface area contributed by atoms with Gasteiger partial charge in [0.25, 0.3) is 0 Å². The first kappa shape index (κ1) is 22.7. The summed E-state index contributed by atoms with van der Waals surface area (Å²) < 4.78 is 17.4. The minimum atomic E-state index is -0.231. The van der Waals surface area contributed by atoms with Crippen LogP contribution in [0.25, 0.3) is 0 Å². The molecule has 0 bridgehead atoms. The highest BCUT2D eigenvalue weighted by Gasteiger charge is 2.28. The van der Waals surface area contributed by atoms with Crippen LogP contribution in [0.4, 0.5) is 0 Å². The molecular formula is C23H36O5. The van der Waals surface area contributed by atoms with Crippen LogP contribution in [-0.2, 0) is 14.3 Å². The molecule has 0 radical (unpaired) electrons. The van der Waals surface area contributed by atoms with Crippen molar-refractivity contribution in [3.63, 3.8) is 0 Å². The maximum absolute atomic E-state index is 11.9. The number of carbonyl (C=O) groups is 1. The quantitative estimate of drug-likeness (QED) is 0.618. The van der Waals surface area contributed by atoms with Crippen molar-refractivity contribution in [3.05, 3.63) is 23.3 Å². The number of ketones is 1. The molecule has 2 rings (SSSR count). The zero-order valence-electron chi connectivity index (χ0n) is 18.2. The van der Waals surface area contributed by atoms with E-state index in [-0.39, 0.29) is 35.3 Å². The number of aromatic hydroxyl groups is 1. The third-order valence-electron chi connectivity index (χ3n) is 5.49. The Morgan fingerprint density at radius 3 is 2.57 bits per heavy atom. The van der Waals surface area contributed by atoms with Gasteiger partial charge in [0.2, 0.25) is 0 Å². The van der Waals surface area contributed by atoms with E-state index in [0.717, 1.165) is 30.4 Å². The third kappa shape index (κ3) is 6.21. The first-order valence-corrected chi connectivity index (χ1v) is 10.3. The molecule has 0 amide bonds. The summed E-state index contributed by atoms with van der Waals surface area (Å²) in [5, 5.41) is 10.8. The van der Waals surface area contributed by atoms with E-state index in [4.69, 9.17) is 14.2 Å². The van der Waals surface area contributed by atoms with Gasteiger partial charge < -0.3 is 19.3 Å². The Bertz CT molecular complexity index is 665. The van der Waals surface area contributed by atoms with Gasteiger partial charge in [-0.1, -0.05) is 0 Å². The van der Waals surface area contributed by atoms with E-state index >= 15 is 0 Å². The van der Waals surface area contributed by atoms with Crippen molar-refractivity contribution in [2.45, 2.75) is 90.4 Å². The predicted molar refractivity (Wildman–Crippen MR) is 110 cm³/mol. The molecule has 1 aliphatic carbocycles. The first-order chi connectivity index (χ1) is 13.1. The molecule has 0 aromatic heterocycles. The van der Waals surface area contributed by atoms with E-state index in [0.29, 0.717) is 25.2 Å². The SMILES string of the molecule is COC(C)(C)CCOC(C)c1cc(O)c(C2CCCC(=O)C2)c(OC(C)C)c1. The number of carbonyl (C=O) groups excluding carboxylic acids is 1. The fourth-order valence-electron chi connectivity index (χ4n) is 3.58. The van der Waals surface area contributed by atoms with Gasteiger partial charge in [-0.3, -0.25) is 4.79 Å². The zero-order chi connectivity index (χ0) is 20.9. The molecule has 0 saturated heterocycles. The van der Waals surface area contributed by atoms with Crippen molar-refractivity contribution in [1.82, 2.24) is 0 Å². The fourth-order valence-corrected chi connectivity index (χ4v) is 3.58. The maximum Gasteiger partial charge on any atom is 0.133 e. The Morgan fingerprint density at radius 2 is 1.96 bits per heavy atom. The number of ether oxygens (including phenoxy) is 3. The van der Waals surface area contributed by atoms with Gasteiger partial charge in [0.05, 0.1) is 24.4 Å². The number of benzene rings is 1. The third-order valence-corrected chi connectivity index (χ3v) is 5.49. The number of hydrogen-bond donors (Lipinski definition) is 1. The van der Waals surface area contributed by atoms with E-state index < -0.39 is 0 Å². The molecule has 5 nitrogen and oxygen atoms in total. The molecule has 1 aromatic carbocycles. The maximum atomic E-state index is 11.9. The number of rotatable bonds is 9. The fraction of sp³-hybridized carbons (Fsp3) is 0.696. The molecule has 0 heterocycles. The van der Waals surface area contributed by atoms with Crippen LogP contribution < -0.4 is 4.74 Å². The molecule has 158 valence electrons. The molecule has 28 heavy (non-hydrogen) atoms. The smallest absolute Gasteiger partial charge is 0.133 e. The summed E-state index contributed by atoms with van der Waals surface area (Å²) in [7, 11) is 1.70. The zero-order valence-corrected chi connectivity index (χ0v) is 18.2. The molecule has 2 atom stereocenters. The second-order valence-electron chi connectivity index (χ2n) is 8.68. The molecule has 0 spiro atoms. The Balaban J connectivity index is 2.22. The average molecular weight is 393 g/mol. The minimum Gasteiger partial charge on any atom is -0.508 e. The standard InChI is InChI=1S/C23H36O5/c1-15(2)28-21-14-18(16(3)27-11-10-23(4,5)26-6)13-20(25)22(21)17-8-7-9-19(24)12-17/h13-17,25H,7-12H2,1-6H3. The van der Waals surface area contributed by atoms with Crippen LogP contribution in [0.1, 0.15) is 89.9 Å². The Morgan fingerprint density at radius 1 is 1.25 bits per heavy atom. The first-order valence-electron chi connectivity index (χ1n) is 10.3. The second-order valence-corrected chi connectivity index (χ2v) is 8.68. The molecule has 2 unspecified atom stereocenters. The van der Waals surface area contributed by atoms with Gasteiger partial charge in [0, 0.05) is 25.5 Å². The topological polar surface area (TPSA) is 65.0 Å². The molecule has 1 N–H and O–H groups in total. The number of phenols is 1. The number of phenolic OH excluding ortho intramolecular Hbond substituents is 1. The Hall–Kier alpha value is -1.59. The van der Waals surface area contributed by atoms with Gasteiger partial charge in [-0.2, -0.15) is 0 Å². The minimum absolute atomic E-state index is 0.0165. The van der Waals surface area contributed by atoms with E-state index in [1.54, 1.807) is 13.2 Å². The lowest BCUT2D eigenvalue weighted by atomic mass is 9.82. The van der Waals surface area contributed by atoms with E-state index in [1.807, 2.05) is 40.7 Å². The van der Waals surface area contributed by atoms with Crippen molar-refractivity contribution >= 4 is 5.78 Å². The summed E-state index contributed by atoms with van der Waals surface area (Å²) in [6.45, 7) is 10.5. The molecular weight excluding hydrogens is 356 g/mol. The molecule has 5 heteroatoms. The summed E-state index contributed by atoms with van der Waals surface area (Å²) in [5.74, 6) is 1.13. The lowest BCUT2D eigenvalue weighted by Gasteiger charge is -2.27. The summed E-state index contributed by atoms with van der Waals surface area (Å²) >= 11 is 0. The van der Waals surface area contributed by atoms with Crippen LogP contribution >= 0.6 is 0 Å². The van der Waals surface area contributed by atoms with Crippen LogP contribution in [0.3, 0.4) is 0 Å². The highest BCUT2D eigenvalue weighted by Crippen LogP contribution is 2.43. The lowest BCUT2D eigenvalue weighted by Crippen LogP contribution is -2.24. The van der Waals surface area contributed by atoms with Gasteiger partial charge in [-0.05, 0) is 77.5 Å². The summed E-state index contributed by atoms with van der Waals surface area (Å²) in [5.41, 5.74) is 1.40. The number of hydrogen-bond acceptors (Lipinski definition) is 5. The normalized spacial score (nSPS) is 19.1. The molecule has 0 aliphatic heterocycles. The van der Waals surface area contributed by atoms with Crippen LogP contribution in [0.5, 0.6) is 11.5 Å². The van der Waals surface area contributed by atoms with Crippen LogP contribution in [0.2, 0.25) is 0 Å². The van der Waals surface area contributed by atoms with Crippen LogP contribution in [0, 0.1) is 0 Å². The van der Waals surface area contributed by atoms with Crippen molar-refractivity contribution < 1.29 is 24.1 Å². The van der Waals surface area contributed by atoms with E-state index in [2.05, 4.69) is 0 Å². The molecule has 1 saturated carbocycles. The average Bonchev–Trinajstić information content (AvgIpc) is 2.60. The Labute approximate surface area is 169 Å². The van der Waals surface area contributed by atoms with Gasteiger partial charge in [0.1, 0.15) is 17.3 Å². The highest BCUT2D eigenvalue weighted by atomic mass is 16.5. The lowest BCUT2D eigenvalue weighted by molar-refractivity contribution is -0.120. The van der Waals surface area contributed by atoms with Crippen molar-refractivity contribution in [1.29, 1.82) is 0 Å². The summed E-state index contributed by atoms with van der Waals surface area (Å²) in [4.78, 5) is 11.9.